The molecule has 0 spiro atoms. The second kappa shape index (κ2) is 38.1. The number of aliphatic hydroxyl groups is 4. The molecule has 0 aliphatic carbocycles. The molecule has 1 aliphatic heterocycles. The normalized spacial score (nSPS) is 20.6. The van der Waals surface area contributed by atoms with Crippen molar-refractivity contribution in [1.82, 2.24) is 0 Å². The number of hydrogen-bond acceptors (Lipinski definition) is 10. The zero-order valence-corrected chi connectivity index (χ0v) is 36.1. The number of carbonyl (C=O) groups is 2. The van der Waals surface area contributed by atoms with Gasteiger partial charge < -0.3 is 39.4 Å². The van der Waals surface area contributed by atoms with E-state index in [1.807, 2.05) is 0 Å². The quantitative estimate of drug-likeness (QED) is 0.0270. The van der Waals surface area contributed by atoms with Crippen LogP contribution in [0, 0.1) is 0 Å². The molecule has 0 aromatic heterocycles. The molecule has 0 aromatic rings. The van der Waals surface area contributed by atoms with Gasteiger partial charge in [-0.05, 0) is 70.6 Å². The van der Waals surface area contributed by atoms with E-state index in [2.05, 4.69) is 50.3 Å². The summed E-state index contributed by atoms with van der Waals surface area (Å²) in [4.78, 5) is 25.3. The highest BCUT2D eigenvalue weighted by Crippen LogP contribution is 2.22. The van der Waals surface area contributed by atoms with E-state index in [1.54, 1.807) is 0 Å². The number of carbonyl (C=O) groups excluding carboxylic acids is 2. The highest BCUT2D eigenvalue weighted by atomic mass is 16.7. The van der Waals surface area contributed by atoms with Gasteiger partial charge in [-0.25, -0.2) is 0 Å². The number of esters is 2. The predicted octanol–water partition coefficient (Wildman–Crippen LogP) is 9.89. The highest BCUT2D eigenvalue weighted by molar-refractivity contribution is 5.70. The first kappa shape index (κ1) is 52.9. The van der Waals surface area contributed by atoms with Crippen molar-refractivity contribution in [3.05, 3.63) is 36.5 Å². The zero-order chi connectivity index (χ0) is 41.6. The van der Waals surface area contributed by atoms with Gasteiger partial charge in [-0.1, -0.05) is 147 Å². The Balaban J connectivity index is 2.32. The molecule has 2 unspecified atom stereocenters. The second-order valence-electron chi connectivity index (χ2n) is 15.8. The van der Waals surface area contributed by atoms with Crippen LogP contribution in [0.5, 0.6) is 0 Å². The minimum atomic E-state index is -1.60. The third kappa shape index (κ3) is 29.7. The van der Waals surface area contributed by atoms with Crippen molar-refractivity contribution in [2.24, 2.45) is 0 Å². The smallest absolute Gasteiger partial charge is 0.306 e. The van der Waals surface area contributed by atoms with Gasteiger partial charge in [-0.2, -0.15) is 0 Å². The molecule has 0 saturated carbocycles. The standard InChI is InChI=1S/C47H84O10/c1-3-5-7-9-11-13-15-17-18-19-20-21-22-24-26-28-30-32-34-36-43(50)56-40(39-55-47-46(53)45(52)44(51)41(37-48)57-47)38-54-42(49)35-33-31-29-27-25-23-16-14-12-10-8-6-4-2/h11,13,17-18,23,25,40-41,44-48,51-53H,3-10,12,14-16,19-22,24,26-39H2,1-2H3/b13-11+,18-17+,25-23+/t40-,41-,44+,45?,46?,47-/m1/s1. The van der Waals surface area contributed by atoms with Crippen molar-refractivity contribution in [3.63, 3.8) is 0 Å². The van der Waals surface area contributed by atoms with Crippen LogP contribution >= 0.6 is 0 Å². The molecule has 332 valence electrons. The Morgan fingerprint density at radius 2 is 0.982 bits per heavy atom. The third-order valence-electron chi connectivity index (χ3n) is 10.5. The Bertz CT molecular complexity index is 1030. The SMILES string of the molecule is CCCCC/C=C/C/C=C/CCCCCCCCCCCC(=O)O[C@H](COC(=O)CCCCC/C=C/CCCCCCCC)CO[C@@H]1O[C@H](CO)[C@H](O)C(O)C1O. The lowest BCUT2D eigenvalue weighted by Gasteiger charge is -2.39. The summed E-state index contributed by atoms with van der Waals surface area (Å²) < 4.78 is 22.1. The summed E-state index contributed by atoms with van der Waals surface area (Å²) in [6.45, 7) is 3.37. The summed E-state index contributed by atoms with van der Waals surface area (Å²) in [6, 6.07) is 0. The minimum Gasteiger partial charge on any atom is -0.462 e. The number of aliphatic hydroxyl groups excluding tert-OH is 4. The number of ether oxygens (including phenoxy) is 4. The second-order valence-corrected chi connectivity index (χ2v) is 15.8. The van der Waals surface area contributed by atoms with E-state index in [-0.39, 0.29) is 26.1 Å². The molecule has 1 fully saturated rings. The van der Waals surface area contributed by atoms with Gasteiger partial charge in [0.1, 0.15) is 31.0 Å². The number of hydrogen-bond donors (Lipinski definition) is 4. The third-order valence-corrected chi connectivity index (χ3v) is 10.5. The van der Waals surface area contributed by atoms with Gasteiger partial charge in [0.25, 0.3) is 0 Å². The average Bonchev–Trinajstić information content (AvgIpc) is 3.21. The molecule has 0 radical (unpaired) electrons. The summed E-state index contributed by atoms with van der Waals surface area (Å²) in [5.41, 5.74) is 0. The lowest BCUT2D eigenvalue weighted by Crippen LogP contribution is -2.59. The maximum absolute atomic E-state index is 12.8. The van der Waals surface area contributed by atoms with E-state index < -0.39 is 55.4 Å². The van der Waals surface area contributed by atoms with E-state index in [0.29, 0.717) is 12.8 Å². The Kier molecular flexibility index (Phi) is 35.4. The maximum Gasteiger partial charge on any atom is 0.306 e. The largest absolute Gasteiger partial charge is 0.462 e. The minimum absolute atomic E-state index is 0.222. The van der Waals surface area contributed by atoms with E-state index in [9.17, 15) is 30.0 Å². The Morgan fingerprint density at radius 1 is 0.544 bits per heavy atom. The van der Waals surface area contributed by atoms with E-state index >= 15 is 0 Å². The molecule has 57 heavy (non-hydrogen) atoms. The molecule has 1 aliphatic rings. The summed E-state index contributed by atoms with van der Waals surface area (Å²) in [7, 11) is 0. The summed E-state index contributed by atoms with van der Waals surface area (Å²) in [6.07, 6.45) is 35.8. The number of unbranched alkanes of at least 4 members (excludes halogenated alkanes) is 21. The van der Waals surface area contributed by atoms with Crippen LogP contribution in [0.15, 0.2) is 36.5 Å². The summed E-state index contributed by atoms with van der Waals surface area (Å²) in [5, 5.41) is 40.1. The van der Waals surface area contributed by atoms with Crippen molar-refractivity contribution in [2.45, 2.75) is 230 Å². The van der Waals surface area contributed by atoms with E-state index in [0.717, 1.165) is 57.8 Å². The highest BCUT2D eigenvalue weighted by Gasteiger charge is 2.44. The predicted molar refractivity (Wildman–Crippen MR) is 229 cm³/mol. The fraction of sp³-hybridized carbons (Fsp3) is 0.830. The van der Waals surface area contributed by atoms with Crippen LogP contribution in [-0.4, -0.2) is 89.0 Å². The average molecular weight is 809 g/mol. The number of allylic oxidation sites excluding steroid dienone is 6. The van der Waals surface area contributed by atoms with Gasteiger partial charge in [0, 0.05) is 12.8 Å². The zero-order valence-electron chi connectivity index (χ0n) is 36.1. The summed E-state index contributed by atoms with van der Waals surface area (Å²) >= 11 is 0. The van der Waals surface area contributed by atoms with E-state index in [1.165, 1.54) is 96.3 Å². The lowest BCUT2D eigenvalue weighted by atomic mass is 9.99. The van der Waals surface area contributed by atoms with Crippen LogP contribution in [-0.2, 0) is 28.5 Å². The molecular formula is C47H84O10. The maximum atomic E-state index is 12.8. The lowest BCUT2D eigenvalue weighted by molar-refractivity contribution is -0.305. The van der Waals surface area contributed by atoms with Crippen molar-refractivity contribution >= 4 is 11.9 Å². The monoisotopic (exact) mass is 809 g/mol. The molecule has 10 heteroatoms. The molecule has 10 nitrogen and oxygen atoms in total. The van der Waals surface area contributed by atoms with Crippen LogP contribution in [0.3, 0.4) is 0 Å². The Hall–Kier alpha value is -2.08. The Labute approximate surface area is 346 Å². The van der Waals surface area contributed by atoms with Crippen LogP contribution in [0.4, 0.5) is 0 Å². The van der Waals surface area contributed by atoms with Gasteiger partial charge in [0.2, 0.25) is 0 Å². The topological polar surface area (TPSA) is 152 Å². The molecular weight excluding hydrogens is 725 g/mol. The molecule has 0 aromatic carbocycles. The van der Waals surface area contributed by atoms with Crippen LogP contribution < -0.4 is 0 Å². The van der Waals surface area contributed by atoms with Gasteiger partial charge in [-0.15, -0.1) is 0 Å². The van der Waals surface area contributed by atoms with Gasteiger partial charge in [-0.3, -0.25) is 9.59 Å². The first-order valence-electron chi connectivity index (χ1n) is 23.1. The van der Waals surface area contributed by atoms with Gasteiger partial charge in [0.15, 0.2) is 12.4 Å². The van der Waals surface area contributed by atoms with Crippen molar-refractivity contribution in [3.8, 4) is 0 Å². The van der Waals surface area contributed by atoms with Gasteiger partial charge in [0.05, 0.1) is 13.2 Å². The molecule has 6 atom stereocenters. The van der Waals surface area contributed by atoms with Crippen LogP contribution in [0.2, 0.25) is 0 Å². The van der Waals surface area contributed by atoms with E-state index in [4.69, 9.17) is 18.9 Å². The summed E-state index contributed by atoms with van der Waals surface area (Å²) in [5.74, 6) is -0.828. The van der Waals surface area contributed by atoms with Crippen LogP contribution in [0.1, 0.15) is 194 Å². The molecule has 0 amide bonds. The molecule has 1 saturated heterocycles. The molecule has 0 bridgehead atoms. The van der Waals surface area contributed by atoms with Crippen LogP contribution in [0.25, 0.3) is 0 Å². The van der Waals surface area contributed by atoms with Crippen molar-refractivity contribution in [2.75, 3.05) is 19.8 Å². The van der Waals surface area contributed by atoms with Crippen molar-refractivity contribution in [1.29, 1.82) is 0 Å². The molecule has 4 N–H and O–H groups in total. The first-order chi connectivity index (χ1) is 27.8. The molecule has 1 heterocycles. The fourth-order valence-corrected chi connectivity index (χ4v) is 6.80. The number of rotatable bonds is 38. The van der Waals surface area contributed by atoms with Gasteiger partial charge >= 0.3 is 11.9 Å². The first-order valence-corrected chi connectivity index (χ1v) is 23.1. The fourth-order valence-electron chi connectivity index (χ4n) is 6.80. The Morgan fingerprint density at radius 3 is 1.53 bits per heavy atom. The van der Waals surface area contributed by atoms with Crippen molar-refractivity contribution < 1.29 is 49.0 Å². The molecule has 1 rings (SSSR count).